The van der Waals surface area contributed by atoms with Gasteiger partial charge >= 0.3 is 0 Å². The Hall–Kier alpha value is -6.58. The van der Waals surface area contributed by atoms with Crippen LogP contribution in [0, 0.1) is 0 Å². The van der Waals surface area contributed by atoms with E-state index in [1.165, 1.54) is 71.5 Å². The topological polar surface area (TPSA) is 21.3 Å². The molecule has 0 bridgehead atoms. The zero-order chi connectivity index (χ0) is 34.6. The van der Waals surface area contributed by atoms with Crippen molar-refractivity contribution >= 4 is 65.9 Å². The number of fused-ring (bicyclic) bond motifs is 12. The molecule has 8 aromatic carbocycles. The number of nitrogens with zero attached hydrogens (tertiary/aromatic N) is 2. The largest absolute Gasteiger partial charge is 0.439 e. The van der Waals surface area contributed by atoms with E-state index in [-0.39, 0.29) is 0 Å². The Morgan fingerprint density at radius 2 is 1.13 bits per heavy atom. The minimum absolute atomic E-state index is 0.328. The predicted molar refractivity (Wildman–Crippen MR) is 220 cm³/mol. The monoisotopic (exact) mass is 678 g/mol. The smallest absolute Gasteiger partial charge is 0.213 e. The molecular formula is C50H34N2O. The van der Waals surface area contributed by atoms with Crippen molar-refractivity contribution in [2.24, 2.45) is 0 Å². The van der Waals surface area contributed by atoms with E-state index in [1.54, 1.807) is 0 Å². The Kier molecular flexibility index (Phi) is 6.01. The van der Waals surface area contributed by atoms with Crippen LogP contribution in [-0.2, 0) is 6.42 Å². The van der Waals surface area contributed by atoms with Crippen LogP contribution < -0.4 is 4.90 Å². The average molecular weight is 679 g/mol. The van der Waals surface area contributed by atoms with E-state index in [1.807, 2.05) is 0 Å². The molecule has 3 heteroatoms. The van der Waals surface area contributed by atoms with Gasteiger partial charge < -0.3 is 9.32 Å². The normalized spacial score (nSPS) is 16.5. The summed E-state index contributed by atoms with van der Waals surface area (Å²) in [6.45, 7) is 0. The Labute approximate surface area is 306 Å². The molecule has 0 amide bonds. The standard InChI is InChI=1S/C50H34N2O/c1-3-15-36-31(11-1)13-9-20-42(36)51-44-19-7-5-17-39(44)48-38-26-23-33(29-35(38)25-28-45(48)51)34-24-27-40-46(30-34)52(43-21-10-14-32-12-2-4-16-37(32)43)50-49(40)41-18-6-8-22-47(41)53-50/h1-24,26-27,29-30,45,48H,25,28H2. The van der Waals surface area contributed by atoms with Crippen molar-refractivity contribution in [3.63, 3.8) is 0 Å². The number of para-hydroxylation sites is 2. The number of rotatable bonds is 3. The molecule has 0 fully saturated rings. The first-order valence-corrected chi connectivity index (χ1v) is 18.7. The fourth-order valence-electron chi connectivity index (χ4n) is 9.82. The van der Waals surface area contributed by atoms with Gasteiger partial charge in [0, 0.05) is 44.9 Å². The van der Waals surface area contributed by atoms with E-state index in [2.05, 4.69) is 179 Å². The molecule has 2 aliphatic rings. The summed E-state index contributed by atoms with van der Waals surface area (Å²) in [4.78, 5) is 2.65. The summed E-state index contributed by atoms with van der Waals surface area (Å²) in [6.07, 6.45) is 2.15. The van der Waals surface area contributed by atoms with Gasteiger partial charge in [-0.2, -0.15) is 0 Å². The maximum Gasteiger partial charge on any atom is 0.213 e. The zero-order valence-corrected chi connectivity index (χ0v) is 29.0. The second-order valence-electron chi connectivity index (χ2n) is 14.8. The number of aromatic nitrogens is 1. The van der Waals surface area contributed by atoms with Crippen molar-refractivity contribution in [3.8, 4) is 16.8 Å². The highest BCUT2D eigenvalue weighted by atomic mass is 16.3. The molecule has 250 valence electrons. The van der Waals surface area contributed by atoms with Crippen LogP contribution in [-0.4, -0.2) is 10.6 Å². The van der Waals surface area contributed by atoms with E-state index in [0.29, 0.717) is 12.0 Å². The molecule has 0 N–H and O–H groups in total. The van der Waals surface area contributed by atoms with Gasteiger partial charge in [0.25, 0.3) is 0 Å². The zero-order valence-electron chi connectivity index (χ0n) is 29.0. The third-order valence-corrected chi connectivity index (χ3v) is 12.1. The van der Waals surface area contributed by atoms with E-state index >= 15 is 0 Å². The molecule has 2 aromatic heterocycles. The Balaban J connectivity index is 1.01. The first kappa shape index (κ1) is 29.0. The summed E-state index contributed by atoms with van der Waals surface area (Å²) >= 11 is 0. The molecule has 53 heavy (non-hydrogen) atoms. The molecule has 12 rings (SSSR count). The van der Waals surface area contributed by atoms with E-state index in [0.717, 1.165) is 40.7 Å². The van der Waals surface area contributed by atoms with Crippen molar-refractivity contribution in [1.82, 2.24) is 4.57 Å². The van der Waals surface area contributed by atoms with Crippen LogP contribution in [0.2, 0.25) is 0 Å². The lowest BCUT2D eigenvalue weighted by Gasteiger charge is -2.35. The second-order valence-corrected chi connectivity index (χ2v) is 14.8. The van der Waals surface area contributed by atoms with Gasteiger partial charge in [-0.15, -0.1) is 0 Å². The van der Waals surface area contributed by atoms with Crippen molar-refractivity contribution in [2.75, 3.05) is 4.90 Å². The number of benzene rings is 8. The summed E-state index contributed by atoms with van der Waals surface area (Å²) in [5.41, 5.74) is 13.6. The summed E-state index contributed by atoms with van der Waals surface area (Å²) in [5.74, 6) is 0.328. The first-order chi connectivity index (χ1) is 26.3. The molecule has 2 atom stereocenters. The second kappa shape index (κ2) is 11.0. The summed E-state index contributed by atoms with van der Waals surface area (Å²) in [7, 11) is 0. The number of aryl methyl sites for hydroxylation is 1. The Morgan fingerprint density at radius 3 is 1.98 bits per heavy atom. The van der Waals surface area contributed by atoms with Crippen molar-refractivity contribution < 1.29 is 4.42 Å². The molecule has 0 saturated carbocycles. The van der Waals surface area contributed by atoms with Gasteiger partial charge in [-0.1, -0.05) is 140 Å². The predicted octanol–water partition coefficient (Wildman–Crippen LogP) is 13.1. The fourth-order valence-corrected chi connectivity index (χ4v) is 9.82. The van der Waals surface area contributed by atoms with Gasteiger partial charge in [-0.3, -0.25) is 4.57 Å². The van der Waals surface area contributed by atoms with Crippen LogP contribution in [0.4, 0.5) is 11.4 Å². The molecule has 1 aliphatic carbocycles. The first-order valence-electron chi connectivity index (χ1n) is 18.7. The molecule has 3 nitrogen and oxygen atoms in total. The van der Waals surface area contributed by atoms with Gasteiger partial charge in [0.05, 0.1) is 16.6 Å². The summed E-state index contributed by atoms with van der Waals surface area (Å²) in [5, 5.41) is 8.55. The molecule has 3 heterocycles. The van der Waals surface area contributed by atoms with Crippen molar-refractivity contribution in [2.45, 2.75) is 24.8 Å². The molecular weight excluding hydrogens is 645 g/mol. The highest BCUT2D eigenvalue weighted by Gasteiger charge is 2.43. The average Bonchev–Trinajstić information content (AvgIpc) is 3.87. The lowest BCUT2D eigenvalue weighted by Crippen LogP contribution is -2.34. The fraction of sp³-hybridized carbons (Fsp3) is 0.0800. The van der Waals surface area contributed by atoms with Crippen LogP contribution in [0.25, 0.3) is 71.3 Å². The number of hydrogen-bond donors (Lipinski definition) is 0. The van der Waals surface area contributed by atoms with Gasteiger partial charge in [-0.05, 0) is 81.8 Å². The van der Waals surface area contributed by atoms with Crippen molar-refractivity contribution in [1.29, 1.82) is 0 Å². The van der Waals surface area contributed by atoms with Gasteiger partial charge in [-0.25, -0.2) is 0 Å². The van der Waals surface area contributed by atoms with E-state index in [9.17, 15) is 0 Å². The van der Waals surface area contributed by atoms with Crippen LogP contribution in [0.1, 0.15) is 29.0 Å². The maximum atomic E-state index is 6.68. The third kappa shape index (κ3) is 4.11. The minimum atomic E-state index is 0.328. The lowest BCUT2D eigenvalue weighted by molar-refractivity contribution is 0.539. The molecule has 0 spiro atoms. The Morgan fingerprint density at radius 1 is 0.491 bits per heavy atom. The highest BCUT2D eigenvalue weighted by molar-refractivity contribution is 6.21. The maximum absolute atomic E-state index is 6.68. The number of furan rings is 1. The molecule has 10 aromatic rings. The van der Waals surface area contributed by atoms with Crippen LogP contribution >= 0.6 is 0 Å². The van der Waals surface area contributed by atoms with Crippen molar-refractivity contribution in [3.05, 3.63) is 187 Å². The molecule has 1 aliphatic heterocycles. The quantitative estimate of drug-likeness (QED) is 0.185. The van der Waals surface area contributed by atoms with Crippen LogP contribution in [0.3, 0.4) is 0 Å². The third-order valence-electron chi connectivity index (χ3n) is 12.1. The SMILES string of the molecule is c1ccc2c(c1)C1c3ccc(-c4ccc5c6c7ccccc7oc6n(-c6cccc7ccccc67)c5c4)cc3CCC1N2c1cccc2ccccc12. The van der Waals surface area contributed by atoms with Crippen LogP contribution in [0.5, 0.6) is 0 Å². The molecule has 2 unspecified atom stereocenters. The van der Waals surface area contributed by atoms with Gasteiger partial charge in [0.15, 0.2) is 0 Å². The lowest BCUT2D eigenvalue weighted by atomic mass is 9.76. The summed E-state index contributed by atoms with van der Waals surface area (Å²) in [6, 6.07) is 62.9. The minimum Gasteiger partial charge on any atom is -0.439 e. The highest BCUT2D eigenvalue weighted by Crippen LogP contribution is 2.54. The molecule has 0 saturated heterocycles. The summed E-state index contributed by atoms with van der Waals surface area (Å²) < 4.78 is 9.03. The van der Waals surface area contributed by atoms with Crippen LogP contribution in [0.15, 0.2) is 174 Å². The van der Waals surface area contributed by atoms with Gasteiger partial charge in [0.1, 0.15) is 5.58 Å². The van der Waals surface area contributed by atoms with E-state index in [4.69, 9.17) is 4.42 Å². The number of hydrogen-bond acceptors (Lipinski definition) is 2. The molecule has 0 radical (unpaired) electrons. The van der Waals surface area contributed by atoms with E-state index < -0.39 is 0 Å². The number of anilines is 2. The Bertz CT molecular complexity index is 3100. The van der Waals surface area contributed by atoms with Gasteiger partial charge in [0.2, 0.25) is 5.71 Å².